The minimum absolute atomic E-state index is 0.589. The van der Waals surface area contributed by atoms with E-state index in [1.165, 1.54) is 103 Å². The molecule has 0 unspecified atom stereocenters. The second-order valence-corrected chi connectivity index (χ2v) is 7.03. The number of hydrogen-bond donors (Lipinski definition) is 2. The molecular formula is C20H43N3. The minimum Gasteiger partial charge on any atom is -0.386 e. The van der Waals surface area contributed by atoms with Crippen molar-refractivity contribution in [2.24, 2.45) is 16.7 Å². The first-order valence-electron chi connectivity index (χ1n) is 10.3. The molecule has 0 rings (SSSR count). The van der Waals surface area contributed by atoms with Gasteiger partial charge in [-0.2, -0.15) is 5.10 Å². The van der Waals surface area contributed by atoms with Crippen molar-refractivity contribution in [2.75, 3.05) is 0 Å². The van der Waals surface area contributed by atoms with Crippen LogP contribution in [0, 0.1) is 0 Å². The first-order valence-corrected chi connectivity index (χ1v) is 10.3. The monoisotopic (exact) mass is 325 g/mol. The number of rotatable bonds is 18. The van der Waals surface area contributed by atoms with E-state index in [9.17, 15) is 0 Å². The molecule has 0 fully saturated rings. The van der Waals surface area contributed by atoms with Crippen LogP contribution in [-0.4, -0.2) is 5.84 Å². The molecule has 0 radical (unpaired) electrons. The second kappa shape index (κ2) is 19.3. The maximum Gasteiger partial charge on any atom is 0.119 e. The van der Waals surface area contributed by atoms with Crippen LogP contribution in [0.4, 0.5) is 0 Å². The van der Waals surface area contributed by atoms with E-state index in [4.69, 9.17) is 11.6 Å². The average molecular weight is 326 g/mol. The fourth-order valence-corrected chi connectivity index (χ4v) is 3.10. The lowest BCUT2D eigenvalue weighted by atomic mass is 10.0. The summed E-state index contributed by atoms with van der Waals surface area (Å²) in [7, 11) is 0. The van der Waals surface area contributed by atoms with Gasteiger partial charge in [0.05, 0.1) is 0 Å². The molecule has 0 aromatic carbocycles. The van der Waals surface area contributed by atoms with Gasteiger partial charge in [0.1, 0.15) is 5.84 Å². The summed E-state index contributed by atoms with van der Waals surface area (Å²) in [5.41, 5.74) is 5.56. The van der Waals surface area contributed by atoms with Gasteiger partial charge in [-0.05, 0) is 6.42 Å². The van der Waals surface area contributed by atoms with Crippen LogP contribution >= 0.6 is 0 Å². The molecule has 0 saturated carbocycles. The van der Waals surface area contributed by atoms with Crippen LogP contribution in [0.1, 0.15) is 122 Å². The number of nitrogens with two attached hydrogens (primary N) is 2. The quantitative estimate of drug-likeness (QED) is 0.103. The predicted octanol–water partition coefficient (Wildman–Crippen LogP) is 6.26. The number of amidine groups is 1. The van der Waals surface area contributed by atoms with Crippen molar-refractivity contribution in [3.63, 3.8) is 0 Å². The van der Waals surface area contributed by atoms with E-state index in [-0.39, 0.29) is 0 Å². The van der Waals surface area contributed by atoms with Crippen LogP contribution in [0.15, 0.2) is 5.10 Å². The van der Waals surface area contributed by atoms with Gasteiger partial charge >= 0.3 is 0 Å². The third-order valence-corrected chi connectivity index (χ3v) is 4.70. The summed E-state index contributed by atoms with van der Waals surface area (Å²) < 4.78 is 0. The van der Waals surface area contributed by atoms with Gasteiger partial charge in [-0.3, -0.25) is 0 Å². The molecule has 0 bridgehead atoms. The van der Waals surface area contributed by atoms with Crippen molar-refractivity contribution < 1.29 is 0 Å². The molecule has 138 valence electrons. The summed E-state index contributed by atoms with van der Waals surface area (Å²) in [5, 5.41) is 3.49. The SMILES string of the molecule is CCCCCCCCCCCCCCCCCCC/C(N)=N/N. The molecule has 0 aliphatic carbocycles. The molecule has 4 N–H and O–H groups in total. The molecule has 0 atom stereocenters. The molecule has 0 saturated heterocycles. The highest BCUT2D eigenvalue weighted by atomic mass is 15.1. The van der Waals surface area contributed by atoms with Crippen LogP contribution < -0.4 is 11.6 Å². The van der Waals surface area contributed by atoms with Gasteiger partial charge < -0.3 is 11.6 Å². The van der Waals surface area contributed by atoms with Crippen molar-refractivity contribution in [1.82, 2.24) is 0 Å². The van der Waals surface area contributed by atoms with E-state index in [2.05, 4.69) is 12.0 Å². The van der Waals surface area contributed by atoms with Crippen molar-refractivity contribution in [2.45, 2.75) is 122 Å². The molecule has 3 heteroatoms. The summed E-state index contributed by atoms with van der Waals surface area (Å²) in [6.45, 7) is 2.29. The number of hydrogen-bond acceptors (Lipinski definition) is 2. The van der Waals surface area contributed by atoms with Crippen LogP contribution in [0.25, 0.3) is 0 Å². The van der Waals surface area contributed by atoms with E-state index < -0.39 is 0 Å². The van der Waals surface area contributed by atoms with Gasteiger partial charge in [0, 0.05) is 6.42 Å². The highest BCUT2D eigenvalue weighted by Gasteiger charge is 1.96. The fraction of sp³-hybridized carbons (Fsp3) is 0.950. The van der Waals surface area contributed by atoms with Gasteiger partial charge in [-0.1, -0.05) is 110 Å². The van der Waals surface area contributed by atoms with Gasteiger partial charge in [0.2, 0.25) is 0 Å². The first kappa shape index (κ1) is 22.3. The molecular weight excluding hydrogens is 282 g/mol. The summed E-state index contributed by atoms with van der Waals surface area (Å²) in [4.78, 5) is 0. The Labute approximate surface area is 145 Å². The fourth-order valence-electron chi connectivity index (χ4n) is 3.10. The molecule has 0 aliphatic heterocycles. The van der Waals surface area contributed by atoms with Gasteiger partial charge in [0.15, 0.2) is 0 Å². The Kier molecular flexibility index (Phi) is 18.7. The summed E-state index contributed by atoms with van der Waals surface area (Å²) >= 11 is 0. The Morgan fingerprint density at radius 3 is 1.17 bits per heavy atom. The van der Waals surface area contributed by atoms with E-state index in [1.807, 2.05) is 0 Å². The maximum atomic E-state index is 5.56. The normalized spacial score (nSPS) is 12.0. The Hall–Kier alpha value is -0.730. The highest BCUT2D eigenvalue weighted by molar-refractivity contribution is 5.79. The lowest BCUT2D eigenvalue weighted by Gasteiger charge is -2.03. The Morgan fingerprint density at radius 2 is 0.870 bits per heavy atom. The Balaban J connectivity index is 3.00. The molecule has 3 nitrogen and oxygen atoms in total. The molecule has 23 heavy (non-hydrogen) atoms. The van der Waals surface area contributed by atoms with Crippen molar-refractivity contribution in [1.29, 1.82) is 0 Å². The molecule has 0 heterocycles. The van der Waals surface area contributed by atoms with Crippen molar-refractivity contribution in [3.8, 4) is 0 Å². The zero-order chi connectivity index (χ0) is 17.0. The molecule has 0 aliphatic rings. The largest absolute Gasteiger partial charge is 0.386 e. The third-order valence-electron chi connectivity index (χ3n) is 4.70. The van der Waals surface area contributed by atoms with Gasteiger partial charge in [-0.25, -0.2) is 0 Å². The van der Waals surface area contributed by atoms with E-state index in [0.717, 1.165) is 12.8 Å². The average Bonchev–Trinajstić information content (AvgIpc) is 2.57. The third kappa shape index (κ3) is 19.2. The van der Waals surface area contributed by atoms with E-state index in [0.29, 0.717) is 5.84 Å². The highest BCUT2D eigenvalue weighted by Crippen LogP contribution is 2.14. The van der Waals surface area contributed by atoms with Crippen molar-refractivity contribution in [3.05, 3.63) is 0 Å². The lowest BCUT2D eigenvalue weighted by Crippen LogP contribution is -2.13. The first-order chi connectivity index (χ1) is 11.3. The standard InChI is InChI=1S/C20H43N3/c1-2-3-4-5-6-7-8-9-10-11-12-13-14-15-16-17-18-19-20(21)23-22/h2-19,22H2,1H3,(H2,21,23). The number of unbranched alkanes of at least 4 members (excludes halogenated alkanes) is 16. The van der Waals surface area contributed by atoms with Gasteiger partial charge in [0.25, 0.3) is 0 Å². The summed E-state index contributed by atoms with van der Waals surface area (Å²) in [6, 6.07) is 0. The molecule has 0 aromatic rings. The molecule has 0 aromatic heterocycles. The maximum absolute atomic E-state index is 5.56. The Morgan fingerprint density at radius 1 is 0.565 bits per heavy atom. The van der Waals surface area contributed by atoms with Crippen LogP contribution in [0.2, 0.25) is 0 Å². The van der Waals surface area contributed by atoms with Crippen LogP contribution in [0.5, 0.6) is 0 Å². The molecule has 0 amide bonds. The zero-order valence-corrected chi connectivity index (χ0v) is 15.8. The summed E-state index contributed by atoms with van der Waals surface area (Å²) in [5.74, 6) is 5.70. The van der Waals surface area contributed by atoms with Crippen molar-refractivity contribution >= 4 is 5.84 Å². The topological polar surface area (TPSA) is 64.4 Å². The number of hydrazone groups is 1. The Bertz CT molecular complexity index is 251. The second-order valence-electron chi connectivity index (χ2n) is 7.03. The number of nitrogens with zero attached hydrogens (tertiary/aromatic N) is 1. The summed E-state index contributed by atoms with van der Waals surface area (Å²) in [6.07, 6.45) is 24.6. The lowest BCUT2D eigenvalue weighted by molar-refractivity contribution is 0.528. The smallest absolute Gasteiger partial charge is 0.119 e. The van der Waals surface area contributed by atoms with E-state index >= 15 is 0 Å². The van der Waals surface area contributed by atoms with Crippen LogP contribution in [0.3, 0.4) is 0 Å². The van der Waals surface area contributed by atoms with Crippen LogP contribution in [-0.2, 0) is 0 Å². The molecule has 0 spiro atoms. The minimum atomic E-state index is 0.589. The van der Waals surface area contributed by atoms with E-state index in [1.54, 1.807) is 0 Å². The predicted molar refractivity (Wildman–Crippen MR) is 105 cm³/mol. The van der Waals surface area contributed by atoms with Gasteiger partial charge in [-0.15, -0.1) is 0 Å². The zero-order valence-electron chi connectivity index (χ0n) is 15.8.